The van der Waals surface area contributed by atoms with Gasteiger partial charge in [-0.05, 0) is 72.9 Å². The summed E-state index contributed by atoms with van der Waals surface area (Å²) in [5.74, 6) is -0.725. The molecule has 31 heavy (non-hydrogen) atoms. The Labute approximate surface area is 187 Å². The fourth-order valence-electron chi connectivity index (χ4n) is 3.68. The number of imide groups is 1. The Morgan fingerprint density at radius 1 is 0.871 bits per heavy atom. The van der Waals surface area contributed by atoms with Crippen molar-refractivity contribution in [2.45, 2.75) is 27.2 Å². The van der Waals surface area contributed by atoms with E-state index in [4.69, 9.17) is 11.6 Å². The molecule has 1 heterocycles. The van der Waals surface area contributed by atoms with Gasteiger partial charge in [-0.25, -0.2) is 4.90 Å². The monoisotopic (exact) mass is 430 g/mol. The van der Waals surface area contributed by atoms with Gasteiger partial charge >= 0.3 is 0 Å². The molecule has 0 spiro atoms. The Morgan fingerprint density at radius 3 is 2.19 bits per heavy atom. The van der Waals surface area contributed by atoms with E-state index in [9.17, 15) is 9.59 Å². The molecular formula is C26H23ClN2O2. The van der Waals surface area contributed by atoms with Gasteiger partial charge in [0.2, 0.25) is 0 Å². The first kappa shape index (κ1) is 20.9. The van der Waals surface area contributed by atoms with Gasteiger partial charge in [-0.1, -0.05) is 54.9 Å². The summed E-state index contributed by atoms with van der Waals surface area (Å²) in [4.78, 5) is 28.3. The van der Waals surface area contributed by atoms with Crippen molar-refractivity contribution in [3.05, 3.63) is 99.7 Å². The molecule has 0 bridgehead atoms. The van der Waals surface area contributed by atoms with Crippen LogP contribution in [0, 0.1) is 13.8 Å². The third kappa shape index (κ3) is 3.99. The SMILES string of the molecule is CCc1ccc(NC2=C(c3ccc(Cl)cc3)C(=O)N(c3cc(C)ccc3C)C2=O)cc1. The maximum atomic E-state index is 13.5. The Morgan fingerprint density at radius 2 is 1.55 bits per heavy atom. The van der Waals surface area contributed by atoms with Crippen molar-refractivity contribution < 1.29 is 9.59 Å². The molecule has 0 saturated carbocycles. The molecule has 0 radical (unpaired) electrons. The Hall–Kier alpha value is -3.37. The van der Waals surface area contributed by atoms with Crippen LogP contribution in [0.25, 0.3) is 5.57 Å². The molecule has 1 aliphatic rings. The van der Waals surface area contributed by atoms with E-state index in [1.165, 1.54) is 10.5 Å². The molecule has 3 aromatic rings. The molecule has 156 valence electrons. The lowest BCUT2D eigenvalue weighted by Gasteiger charge is -2.18. The van der Waals surface area contributed by atoms with Crippen molar-refractivity contribution in [3.8, 4) is 0 Å². The first-order valence-corrected chi connectivity index (χ1v) is 10.6. The minimum Gasteiger partial charge on any atom is -0.350 e. The smallest absolute Gasteiger partial charge is 0.282 e. The van der Waals surface area contributed by atoms with Gasteiger partial charge in [0, 0.05) is 10.7 Å². The van der Waals surface area contributed by atoms with Gasteiger partial charge < -0.3 is 5.32 Å². The molecule has 0 atom stereocenters. The number of carbonyl (C=O) groups excluding carboxylic acids is 2. The van der Waals surface area contributed by atoms with Gasteiger partial charge in [-0.2, -0.15) is 0 Å². The van der Waals surface area contributed by atoms with E-state index in [0.717, 1.165) is 23.2 Å². The van der Waals surface area contributed by atoms with E-state index in [1.54, 1.807) is 24.3 Å². The van der Waals surface area contributed by atoms with E-state index >= 15 is 0 Å². The maximum absolute atomic E-state index is 13.5. The van der Waals surface area contributed by atoms with Crippen LogP contribution in [-0.4, -0.2) is 11.8 Å². The minimum absolute atomic E-state index is 0.262. The number of nitrogens with zero attached hydrogens (tertiary/aromatic N) is 1. The molecule has 0 fully saturated rings. The molecule has 1 aliphatic heterocycles. The lowest BCUT2D eigenvalue weighted by atomic mass is 10.0. The topological polar surface area (TPSA) is 49.4 Å². The first-order chi connectivity index (χ1) is 14.9. The van der Waals surface area contributed by atoms with Crippen molar-refractivity contribution in [2.24, 2.45) is 0 Å². The van der Waals surface area contributed by atoms with Crippen LogP contribution < -0.4 is 10.2 Å². The molecule has 0 aliphatic carbocycles. The van der Waals surface area contributed by atoms with Gasteiger partial charge in [-0.15, -0.1) is 0 Å². The van der Waals surface area contributed by atoms with E-state index in [2.05, 4.69) is 12.2 Å². The van der Waals surface area contributed by atoms with Crippen molar-refractivity contribution in [1.29, 1.82) is 0 Å². The average molecular weight is 431 g/mol. The molecule has 5 heteroatoms. The second-order valence-corrected chi connectivity index (χ2v) is 8.10. The zero-order valence-electron chi connectivity index (χ0n) is 17.7. The van der Waals surface area contributed by atoms with Crippen LogP contribution in [0.15, 0.2) is 72.4 Å². The third-order valence-corrected chi connectivity index (χ3v) is 5.71. The second kappa shape index (κ2) is 8.40. The van der Waals surface area contributed by atoms with Crippen LogP contribution >= 0.6 is 11.6 Å². The Bertz CT molecular complexity index is 1200. The second-order valence-electron chi connectivity index (χ2n) is 7.67. The van der Waals surface area contributed by atoms with Crippen LogP contribution in [0.1, 0.15) is 29.2 Å². The van der Waals surface area contributed by atoms with E-state index in [-0.39, 0.29) is 17.5 Å². The lowest BCUT2D eigenvalue weighted by molar-refractivity contribution is -0.120. The zero-order chi connectivity index (χ0) is 22.1. The van der Waals surface area contributed by atoms with E-state index in [1.807, 2.05) is 56.3 Å². The van der Waals surface area contributed by atoms with E-state index < -0.39 is 0 Å². The van der Waals surface area contributed by atoms with Crippen molar-refractivity contribution >= 4 is 40.4 Å². The highest BCUT2D eigenvalue weighted by Gasteiger charge is 2.40. The number of amides is 2. The summed E-state index contributed by atoms with van der Waals surface area (Å²) < 4.78 is 0. The summed E-state index contributed by atoms with van der Waals surface area (Å²) in [5, 5.41) is 3.77. The fourth-order valence-corrected chi connectivity index (χ4v) is 3.80. The first-order valence-electron chi connectivity index (χ1n) is 10.2. The number of benzene rings is 3. The summed E-state index contributed by atoms with van der Waals surface area (Å²) >= 11 is 6.05. The molecule has 2 amide bonds. The lowest BCUT2D eigenvalue weighted by Crippen LogP contribution is -2.33. The van der Waals surface area contributed by atoms with Crippen molar-refractivity contribution in [2.75, 3.05) is 10.2 Å². The third-order valence-electron chi connectivity index (χ3n) is 5.45. The normalized spacial score (nSPS) is 13.9. The van der Waals surface area contributed by atoms with Gasteiger partial charge in [-0.3, -0.25) is 9.59 Å². The molecule has 0 unspecified atom stereocenters. The predicted molar refractivity (Wildman–Crippen MR) is 126 cm³/mol. The van der Waals surface area contributed by atoms with Crippen LogP contribution in [0.4, 0.5) is 11.4 Å². The highest BCUT2D eigenvalue weighted by molar-refractivity contribution is 6.46. The van der Waals surface area contributed by atoms with Crippen LogP contribution in [0.5, 0.6) is 0 Å². The number of rotatable bonds is 5. The number of nitrogens with one attached hydrogen (secondary N) is 1. The highest BCUT2D eigenvalue weighted by atomic mass is 35.5. The predicted octanol–water partition coefficient (Wildman–Crippen LogP) is 5.92. The number of halogens is 1. The summed E-state index contributed by atoms with van der Waals surface area (Å²) in [6.45, 7) is 5.92. The zero-order valence-corrected chi connectivity index (χ0v) is 18.5. The molecule has 3 aromatic carbocycles. The molecule has 0 saturated heterocycles. The number of hydrogen-bond donors (Lipinski definition) is 1. The Balaban J connectivity index is 1.82. The quantitative estimate of drug-likeness (QED) is 0.511. The van der Waals surface area contributed by atoms with Crippen LogP contribution in [0.2, 0.25) is 5.02 Å². The summed E-state index contributed by atoms with van der Waals surface area (Å²) in [6, 6.07) is 20.6. The number of aryl methyl sites for hydroxylation is 3. The molecule has 4 rings (SSSR count). The van der Waals surface area contributed by atoms with Gasteiger partial charge in [0.15, 0.2) is 0 Å². The molecular weight excluding hydrogens is 408 g/mol. The Kier molecular flexibility index (Phi) is 5.66. The molecule has 4 nitrogen and oxygen atoms in total. The molecule has 1 N–H and O–H groups in total. The maximum Gasteiger partial charge on any atom is 0.282 e. The van der Waals surface area contributed by atoms with Gasteiger partial charge in [0.1, 0.15) is 5.70 Å². The van der Waals surface area contributed by atoms with Crippen molar-refractivity contribution in [1.82, 2.24) is 0 Å². The minimum atomic E-state index is -0.372. The van der Waals surface area contributed by atoms with Gasteiger partial charge in [0.25, 0.3) is 11.8 Å². The molecule has 0 aromatic heterocycles. The summed E-state index contributed by atoms with van der Waals surface area (Å²) in [6.07, 6.45) is 0.927. The number of hydrogen-bond acceptors (Lipinski definition) is 3. The highest BCUT2D eigenvalue weighted by Crippen LogP contribution is 2.35. The van der Waals surface area contributed by atoms with Crippen LogP contribution in [0.3, 0.4) is 0 Å². The fraction of sp³-hybridized carbons (Fsp3) is 0.154. The number of carbonyl (C=O) groups is 2. The largest absolute Gasteiger partial charge is 0.350 e. The van der Waals surface area contributed by atoms with Gasteiger partial charge in [0.05, 0.1) is 11.3 Å². The summed E-state index contributed by atoms with van der Waals surface area (Å²) in [5.41, 5.74) is 5.62. The van der Waals surface area contributed by atoms with Crippen molar-refractivity contribution in [3.63, 3.8) is 0 Å². The summed E-state index contributed by atoms with van der Waals surface area (Å²) in [7, 11) is 0. The van der Waals surface area contributed by atoms with Crippen LogP contribution in [-0.2, 0) is 16.0 Å². The van der Waals surface area contributed by atoms with E-state index in [0.29, 0.717) is 21.8 Å². The number of anilines is 2. The standard InChI is InChI=1S/C26H23ClN2O2/c1-4-18-7-13-21(14-8-18)28-24-23(19-9-11-20(27)12-10-19)25(30)29(26(24)31)22-15-16(2)5-6-17(22)3/h5-15,28H,4H2,1-3H3. The average Bonchev–Trinajstić information content (AvgIpc) is 3.00.